The molecule has 1 spiro atoms. The van der Waals surface area contributed by atoms with Gasteiger partial charge in [0.25, 0.3) is 5.91 Å². The lowest BCUT2D eigenvalue weighted by Gasteiger charge is -2.40. The SMILES string of the molecule is C=CCCOC(=O)[C@H]1[C@@H]2OC3(CC2Br)C(C(=O)N(CC=C)c2c(C)cccc2Cl)N([C@@H](CO)Cc2ccccc2)C(=O)[C@H]13. The van der Waals surface area contributed by atoms with Crippen LogP contribution in [0.3, 0.4) is 0 Å². The third-order valence-electron chi connectivity index (χ3n) is 8.75. The van der Waals surface area contributed by atoms with Crippen LogP contribution in [0.15, 0.2) is 73.8 Å². The van der Waals surface area contributed by atoms with E-state index in [0.717, 1.165) is 11.1 Å². The molecule has 3 fully saturated rings. The zero-order valence-electron chi connectivity index (χ0n) is 24.0. The highest BCUT2D eigenvalue weighted by Gasteiger charge is 2.77. The van der Waals surface area contributed by atoms with E-state index < -0.39 is 60.0 Å². The molecule has 3 aliphatic heterocycles. The number of hydrogen-bond acceptors (Lipinski definition) is 6. The van der Waals surface area contributed by atoms with E-state index in [0.29, 0.717) is 30.0 Å². The number of alkyl halides is 1. The molecule has 1 N–H and O–H groups in total. The number of hydrogen-bond donors (Lipinski definition) is 1. The highest BCUT2D eigenvalue weighted by molar-refractivity contribution is 9.09. The van der Waals surface area contributed by atoms with Gasteiger partial charge in [0.2, 0.25) is 5.91 Å². The first-order valence-corrected chi connectivity index (χ1v) is 15.7. The molecule has 3 saturated heterocycles. The van der Waals surface area contributed by atoms with Crippen LogP contribution in [0.2, 0.25) is 5.02 Å². The molecular weight excluding hydrogens is 636 g/mol. The molecule has 2 aromatic carbocycles. The number of anilines is 1. The first-order valence-electron chi connectivity index (χ1n) is 14.4. The van der Waals surface area contributed by atoms with Gasteiger partial charge in [-0.25, -0.2) is 0 Å². The quantitative estimate of drug-likeness (QED) is 0.153. The molecule has 2 bridgehead atoms. The van der Waals surface area contributed by atoms with Gasteiger partial charge in [-0.05, 0) is 43.4 Å². The molecule has 43 heavy (non-hydrogen) atoms. The third-order valence-corrected chi connectivity index (χ3v) is 9.90. The number of amides is 2. The lowest BCUT2D eigenvalue weighted by molar-refractivity contribution is -0.155. The van der Waals surface area contributed by atoms with Crippen LogP contribution >= 0.6 is 27.5 Å². The molecule has 228 valence electrons. The van der Waals surface area contributed by atoms with Crippen LogP contribution in [0.5, 0.6) is 0 Å². The first-order chi connectivity index (χ1) is 20.7. The molecule has 7 atom stereocenters. The second-order valence-corrected chi connectivity index (χ2v) is 12.9. The van der Waals surface area contributed by atoms with Crippen LogP contribution < -0.4 is 4.90 Å². The molecule has 10 heteroatoms. The average molecular weight is 672 g/mol. The number of rotatable bonds is 12. The summed E-state index contributed by atoms with van der Waals surface area (Å²) in [5.74, 6) is -3.24. The Balaban J connectivity index is 1.63. The standard InChI is InChI=1S/C33H36BrClN2O6/c1-4-6-16-42-32(41)25-26-30(39)37(22(19-38)17-21-12-8-7-9-13-21)29(33(26)18-23(34)28(25)43-33)31(40)36(15-5-2)27-20(3)11-10-14-24(27)35/h4-5,7-14,22-23,25-26,28-29,38H,1-2,6,15-19H2,3H3/t22-,23?,25-,26+,28-,29?,33?/m1/s1. The number of benzene rings is 2. The van der Waals surface area contributed by atoms with Crippen molar-refractivity contribution in [2.24, 2.45) is 11.8 Å². The van der Waals surface area contributed by atoms with Gasteiger partial charge in [-0.15, -0.1) is 13.2 Å². The molecule has 3 heterocycles. The lowest BCUT2D eigenvalue weighted by Crippen LogP contribution is -2.59. The maximum atomic E-state index is 14.9. The normalized spacial score (nSPS) is 28.0. The molecule has 3 aliphatic rings. The number of para-hydroxylation sites is 1. The zero-order valence-corrected chi connectivity index (χ0v) is 26.4. The van der Waals surface area contributed by atoms with Crippen LogP contribution in [0.1, 0.15) is 24.0 Å². The van der Waals surface area contributed by atoms with E-state index in [9.17, 15) is 19.5 Å². The minimum Gasteiger partial charge on any atom is -0.465 e. The van der Waals surface area contributed by atoms with Crippen LogP contribution in [-0.4, -0.2) is 76.2 Å². The van der Waals surface area contributed by atoms with Gasteiger partial charge in [0.1, 0.15) is 11.6 Å². The summed E-state index contributed by atoms with van der Waals surface area (Å²) >= 11 is 10.3. The molecule has 8 nitrogen and oxygen atoms in total. The number of likely N-dealkylation sites (tertiary alicyclic amines) is 1. The molecule has 3 unspecified atom stereocenters. The van der Waals surface area contributed by atoms with E-state index in [1.807, 2.05) is 43.3 Å². The van der Waals surface area contributed by atoms with Crippen molar-refractivity contribution in [1.29, 1.82) is 0 Å². The van der Waals surface area contributed by atoms with Gasteiger partial charge in [-0.3, -0.25) is 14.4 Å². The molecule has 0 saturated carbocycles. The van der Waals surface area contributed by atoms with Gasteiger partial charge in [0.05, 0.1) is 47.9 Å². The number of nitrogens with zero attached hydrogens (tertiary/aromatic N) is 2. The predicted octanol–water partition coefficient (Wildman–Crippen LogP) is 4.64. The van der Waals surface area contributed by atoms with E-state index in [-0.39, 0.29) is 18.0 Å². The van der Waals surface area contributed by atoms with Crippen molar-refractivity contribution in [3.05, 3.63) is 90.0 Å². The summed E-state index contributed by atoms with van der Waals surface area (Å²) in [4.78, 5) is 45.7. The number of ether oxygens (including phenoxy) is 2. The fourth-order valence-corrected chi connectivity index (χ4v) is 8.29. The number of esters is 1. The Hall–Kier alpha value is -2.98. The Morgan fingerprint density at radius 3 is 2.63 bits per heavy atom. The van der Waals surface area contributed by atoms with E-state index in [1.54, 1.807) is 24.3 Å². The largest absolute Gasteiger partial charge is 0.465 e. The second-order valence-electron chi connectivity index (χ2n) is 11.3. The summed E-state index contributed by atoms with van der Waals surface area (Å²) in [6.45, 7) is 9.26. The molecule has 0 radical (unpaired) electrons. The first kappa shape index (κ1) is 31.4. The third kappa shape index (κ3) is 5.45. The van der Waals surface area contributed by atoms with Crippen LogP contribution in [0.25, 0.3) is 0 Å². The minimum atomic E-state index is -1.33. The van der Waals surface area contributed by atoms with Crippen LogP contribution in [0.4, 0.5) is 5.69 Å². The Labute approximate surface area is 265 Å². The van der Waals surface area contributed by atoms with E-state index >= 15 is 0 Å². The topological polar surface area (TPSA) is 96.4 Å². The van der Waals surface area contributed by atoms with Gasteiger partial charge >= 0.3 is 5.97 Å². The fourth-order valence-electron chi connectivity index (χ4n) is 7.02. The number of carbonyl (C=O) groups excluding carboxylic acids is 3. The maximum Gasteiger partial charge on any atom is 0.312 e. The predicted molar refractivity (Wildman–Crippen MR) is 168 cm³/mol. The van der Waals surface area contributed by atoms with E-state index in [1.165, 1.54) is 9.80 Å². The van der Waals surface area contributed by atoms with Crippen molar-refractivity contribution in [2.75, 3.05) is 24.7 Å². The number of fused-ring (bicyclic) bond motifs is 1. The van der Waals surface area contributed by atoms with Crippen molar-refractivity contribution in [2.45, 2.75) is 54.8 Å². The summed E-state index contributed by atoms with van der Waals surface area (Å²) in [5.41, 5.74) is 0.847. The Kier molecular flexibility index (Phi) is 9.46. The van der Waals surface area contributed by atoms with Gasteiger partial charge in [0, 0.05) is 11.4 Å². The number of aliphatic hydroxyl groups excluding tert-OH is 1. The molecule has 2 aromatic rings. The lowest BCUT2D eigenvalue weighted by atomic mass is 9.70. The smallest absolute Gasteiger partial charge is 0.312 e. The fraction of sp³-hybridized carbons (Fsp3) is 0.424. The highest BCUT2D eigenvalue weighted by Crippen LogP contribution is 2.61. The summed E-state index contributed by atoms with van der Waals surface area (Å²) in [5, 5.41) is 11.1. The Morgan fingerprint density at radius 1 is 1.23 bits per heavy atom. The van der Waals surface area contributed by atoms with E-state index in [4.69, 9.17) is 21.1 Å². The van der Waals surface area contributed by atoms with Gasteiger partial charge in [-0.1, -0.05) is 82.1 Å². The molecule has 5 rings (SSSR count). The number of carbonyl (C=O) groups is 3. The van der Waals surface area contributed by atoms with Crippen molar-refractivity contribution >= 4 is 51.0 Å². The summed E-state index contributed by atoms with van der Waals surface area (Å²) < 4.78 is 12.2. The summed E-state index contributed by atoms with van der Waals surface area (Å²) in [6.07, 6.45) is 3.69. The number of aryl methyl sites for hydroxylation is 1. The molecule has 0 aliphatic carbocycles. The molecule has 2 amide bonds. The molecule has 0 aromatic heterocycles. The van der Waals surface area contributed by atoms with Crippen LogP contribution in [0, 0.1) is 18.8 Å². The minimum absolute atomic E-state index is 0.124. The Morgan fingerprint density at radius 2 is 1.98 bits per heavy atom. The molecular formula is C33H36BrClN2O6. The monoisotopic (exact) mass is 670 g/mol. The second kappa shape index (κ2) is 12.9. The Bertz CT molecular complexity index is 1380. The average Bonchev–Trinajstić information content (AvgIpc) is 3.59. The van der Waals surface area contributed by atoms with Crippen molar-refractivity contribution in [3.63, 3.8) is 0 Å². The van der Waals surface area contributed by atoms with Gasteiger partial charge < -0.3 is 24.4 Å². The summed E-state index contributed by atoms with van der Waals surface area (Å²) in [7, 11) is 0. The van der Waals surface area contributed by atoms with Gasteiger partial charge in [-0.2, -0.15) is 0 Å². The summed E-state index contributed by atoms with van der Waals surface area (Å²) in [6, 6.07) is 12.9. The zero-order chi connectivity index (χ0) is 30.9. The maximum absolute atomic E-state index is 14.9. The van der Waals surface area contributed by atoms with Crippen molar-refractivity contribution in [3.8, 4) is 0 Å². The number of aliphatic hydroxyl groups is 1. The van der Waals surface area contributed by atoms with Gasteiger partial charge in [0.15, 0.2) is 0 Å². The van der Waals surface area contributed by atoms with Crippen molar-refractivity contribution in [1.82, 2.24) is 4.90 Å². The van der Waals surface area contributed by atoms with Crippen LogP contribution in [-0.2, 0) is 30.3 Å². The van der Waals surface area contributed by atoms with E-state index in [2.05, 4.69) is 29.1 Å². The van der Waals surface area contributed by atoms with Crippen molar-refractivity contribution < 1.29 is 29.0 Å². The highest BCUT2D eigenvalue weighted by atomic mass is 79.9. The number of halogens is 2.